The van der Waals surface area contributed by atoms with E-state index in [1.54, 1.807) is 23.6 Å². The Hall–Kier alpha value is -4.01. The maximum absolute atomic E-state index is 13.3. The summed E-state index contributed by atoms with van der Waals surface area (Å²) in [5, 5.41) is 0. The molecule has 0 saturated heterocycles. The number of carbonyl (C=O) groups is 1. The number of nitrogens with zero attached hydrogens (tertiary/aromatic N) is 3. The molecule has 3 N–H and O–H groups in total. The Bertz CT molecular complexity index is 1310. The largest absolute Gasteiger partial charge is 0.491 e. The second kappa shape index (κ2) is 11.8. The van der Waals surface area contributed by atoms with E-state index in [2.05, 4.69) is 45.3 Å². The standard InChI is InChI=1S/C29H31N5O3/c30-27(16-26-18-32-20-33-26)29(35)34-9-10-36-11-12-37-28-7-6-23(24-5-2-8-31-17-24)15-25(28)14-21-3-1-4-22(13-21)19-34/h1-8,13,15,17-18,20,27H,9-12,14,16,19,30H2,(H,32,33)/t27-/m1/s1. The molecule has 2 aromatic heterocycles. The Morgan fingerprint density at radius 1 is 1.00 bits per heavy atom. The number of hydrogen-bond donors (Lipinski definition) is 2. The van der Waals surface area contributed by atoms with Crippen LogP contribution in [0.25, 0.3) is 11.1 Å². The number of aromatic amines is 1. The summed E-state index contributed by atoms with van der Waals surface area (Å²) in [6, 6.07) is 17.9. The first-order valence-electron chi connectivity index (χ1n) is 12.5. The molecule has 1 aliphatic heterocycles. The topological polar surface area (TPSA) is 106 Å². The normalized spacial score (nSPS) is 15.2. The number of nitrogens with two attached hydrogens (primary N) is 1. The summed E-state index contributed by atoms with van der Waals surface area (Å²) < 4.78 is 11.9. The number of hydrogen-bond acceptors (Lipinski definition) is 6. The molecule has 0 radical (unpaired) electrons. The predicted octanol–water partition coefficient (Wildman–Crippen LogP) is 3.37. The van der Waals surface area contributed by atoms with Gasteiger partial charge in [0, 0.05) is 55.8 Å². The zero-order chi connectivity index (χ0) is 25.5. The third-order valence-corrected chi connectivity index (χ3v) is 6.43. The Labute approximate surface area is 216 Å². The lowest BCUT2D eigenvalue weighted by molar-refractivity contribution is -0.134. The van der Waals surface area contributed by atoms with Crippen molar-refractivity contribution in [2.75, 3.05) is 26.4 Å². The van der Waals surface area contributed by atoms with Crippen LogP contribution >= 0.6 is 0 Å². The minimum absolute atomic E-state index is 0.113. The number of carbonyl (C=O) groups excluding carboxylic acids is 1. The van der Waals surface area contributed by atoms with Crippen molar-refractivity contribution in [1.29, 1.82) is 0 Å². The molecule has 3 heterocycles. The van der Waals surface area contributed by atoms with Crippen LogP contribution < -0.4 is 10.5 Å². The fourth-order valence-corrected chi connectivity index (χ4v) is 4.56. The van der Waals surface area contributed by atoms with Crippen molar-refractivity contribution in [3.63, 3.8) is 0 Å². The predicted molar refractivity (Wildman–Crippen MR) is 141 cm³/mol. The maximum Gasteiger partial charge on any atom is 0.240 e. The molecule has 8 nitrogen and oxygen atoms in total. The van der Waals surface area contributed by atoms with Crippen molar-refractivity contribution in [3.05, 3.63) is 102 Å². The van der Waals surface area contributed by atoms with Crippen LogP contribution in [0.1, 0.15) is 22.4 Å². The van der Waals surface area contributed by atoms with Crippen molar-refractivity contribution in [1.82, 2.24) is 19.9 Å². The zero-order valence-electron chi connectivity index (χ0n) is 20.7. The first kappa shape index (κ1) is 24.7. The number of imidazole rings is 1. The summed E-state index contributed by atoms with van der Waals surface area (Å²) in [5.74, 6) is 0.735. The van der Waals surface area contributed by atoms with Gasteiger partial charge in [-0.2, -0.15) is 0 Å². The number of nitrogens with one attached hydrogen (secondary N) is 1. The van der Waals surface area contributed by atoms with Gasteiger partial charge < -0.3 is 25.1 Å². The van der Waals surface area contributed by atoms with Gasteiger partial charge in [0.05, 0.1) is 25.6 Å². The Balaban J connectivity index is 1.39. The average Bonchev–Trinajstić information content (AvgIpc) is 3.43. The number of amides is 1. The molecular formula is C29H31N5O3. The molecule has 1 amide bonds. The fraction of sp³-hybridized carbons (Fsp3) is 0.276. The molecule has 2 bridgehead atoms. The second-order valence-electron chi connectivity index (χ2n) is 9.17. The number of fused-ring (bicyclic) bond motifs is 3. The molecule has 0 fully saturated rings. The highest BCUT2D eigenvalue weighted by Crippen LogP contribution is 2.29. The number of benzene rings is 2. The van der Waals surface area contributed by atoms with Gasteiger partial charge in [-0.25, -0.2) is 4.98 Å². The van der Waals surface area contributed by atoms with Crippen LogP contribution in [0.2, 0.25) is 0 Å². The SMILES string of the molecule is N[C@H](Cc1cnc[nH]1)C(=O)N1CCOCCOc2ccc(-c3cccnc3)cc2Cc2cccc(c2)C1. The molecule has 1 aliphatic rings. The van der Waals surface area contributed by atoms with Gasteiger partial charge >= 0.3 is 0 Å². The van der Waals surface area contributed by atoms with E-state index in [1.165, 1.54) is 0 Å². The lowest BCUT2D eigenvalue weighted by atomic mass is 9.98. The Morgan fingerprint density at radius 3 is 2.76 bits per heavy atom. The molecular weight excluding hydrogens is 466 g/mol. The summed E-state index contributed by atoms with van der Waals surface area (Å²) in [7, 11) is 0. The molecule has 0 aliphatic carbocycles. The molecule has 5 rings (SSSR count). The van der Waals surface area contributed by atoms with Gasteiger partial charge in [0.1, 0.15) is 12.4 Å². The molecule has 0 unspecified atom stereocenters. The van der Waals surface area contributed by atoms with E-state index in [1.807, 2.05) is 30.5 Å². The number of rotatable bonds is 4. The van der Waals surface area contributed by atoms with Gasteiger partial charge in [-0.15, -0.1) is 0 Å². The average molecular weight is 498 g/mol. The molecule has 190 valence electrons. The molecule has 37 heavy (non-hydrogen) atoms. The van der Waals surface area contributed by atoms with Gasteiger partial charge in [0.25, 0.3) is 0 Å². The van der Waals surface area contributed by atoms with Crippen LogP contribution in [0.3, 0.4) is 0 Å². The summed E-state index contributed by atoms with van der Waals surface area (Å²) in [5.41, 5.74) is 12.6. The van der Waals surface area contributed by atoms with E-state index in [0.717, 1.165) is 39.3 Å². The number of ether oxygens (including phenoxy) is 2. The van der Waals surface area contributed by atoms with Gasteiger partial charge in [-0.05, 0) is 40.5 Å². The van der Waals surface area contributed by atoms with Gasteiger partial charge in [-0.3, -0.25) is 9.78 Å². The minimum atomic E-state index is -0.663. The first-order chi connectivity index (χ1) is 18.2. The van der Waals surface area contributed by atoms with Crippen molar-refractivity contribution >= 4 is 5.91 Å². The Morgan fingerprint density at radius 2 is 1.92 bits per heavy atom. The molecule has 8 heteroatoms. The lowest BCUT2D eigenvalue weighted by Gasteiger charge is -2.26. The van der Waals surface area contributed by atoms with E-state index in [9.17, 15) is 4.79 Å². The van der Waals surface area contributed by atoms with E-state index < -0.39 is 6.04 Å². The number of aromatic nitrogens is 3. The number of pyridine rings is 1. The molecule has 0 saturated carbocycles. The highest BCUT2D eigenvalue weighted by atomic mass is 16.5. The van der Waals surface area contributed by atoms with Crippen molar-refractivity contribution in [2.45, 2.75) is 25.4 Å². The molecule has 1 atom stereocenters. The van der Waals surface area contributed by atoms with Crippen LogP contribution in [0.15, 0.2) is 79.5 Å². The van der Waals surface area contributed by atoms with Crippen LogP contribution in [0, 0.1) is 0 Å². The minimum Gasteiger partial charge on any atom is -0.491 e. The van der Waals surface area contributed by atoms with Crippen LogP contribution in [-0.4, -0.2) is 58.2 Å². The second-order valence-corrected chi connectivity index (χ2v) is 9.17. The quantitative estimate of drug-likeness (QED) is 0.448. The van der Waals surface area contributed by atoms with Crippen LogP contribution in [0.5, 0.6) is 5.75 Å². The van der Waals surface area contributed by atoms with Crippen molar-refractivity contribution in [2.24, 2.45) is 5.73 Å². The zero-order valence-corrected chi connectivity index (χ0v) is 20.7. The summed E-state index contributed by atoms with van der Waals surface area (Å²) in [6.45, 7) is 2.17. The fourth-order valence-electron chi connectivity index (χ4n) is 4.56. The third kappa shape index (κ3) is 6.41. The summed E-state index contributed by atoms with van der Waals surface area (Å²) in [4.78, 5) is 26.3. The summed E-state index contributed by atoms with van der Waals surface area (Å²) in [6.07, 6.45) is 8.03. The highest BCUT2D eigenvalue weighted by molar-refractivity contribution is 5.82. The van der Waals surface area contributed by atoms with Crippen molar-refractivity contribution in [3.8, 4) is 16.9 Å². The van der Waals surface area contributed by atoms with E-state index in [0.29, 0.717) is 45.8 Å². The van der Waals surface area contributed by atoms with E-state index in [-0.39, 0.29) is 5.91 Å². The third-order valence-electron chi connectivity index (χ3n) is 6.43. The molecule has 2 aromatic carbocycles. The van der Waals surface area contributed by atoms with E-state index in [4.69, 9.17) is 15.2 Å². The maximum atomic E-state index is 13.3. The van der Waals surface area contributed by atoms with Crippen molar-refractivity contribution < 1.29 is 14.3 Å². The van der Waals surface area contributed by atoms with Crippen LogP contribution in [-0.2, 0) is 28.9 Å². The van der Waals surface area contributed by atoms with Gasteiger partial charge in [0.15, 0.2) is 0 Å². The highest BCUT2D eigenvalue weighted by Gasteiger charge is 2.22. The van der Waals surface area contributed by atoms with Gasteiger partial charge in [0.2, 0.25) is 5.91 Å². The summed E-state index contributed by atoms with van der Waals surface area (Å²) >= 11 is 0. The molecule has 4 aromatic rings. The Kier molecular flexibility index (Phi) is 7.88. The van der Waals surface area contributed by atoms with Gasteiger partial charge in [-0.1, -0.05) is 36.4 Å². The smallest absolute Gasteiger partial charge is 0.240 e. The number of H-pyrrole nitrogens is 1. The van der Waals surface area contributed by atoms with E-state index >= 15 is 0 Å². The lowest BCUT2D eigenvalue weighted by Crippen LogP contribution is -2.46. The first-order valence-corrected chi connectivity index (χ1v) is 12.5. The molecule has 0 spiro atoms. The van der Waals surface area contributed by atoms with Crippen LogP contribution in [0.4, 0.5) is 0 Å². The monoisotopic (exact) mass is 497 g/mol.